The Balaban J connectivity index is 2.12. The van der Waals surface area contributed by atoms with Gasteiger partial charge in [-0.15, -0.1) is 0 Å². The number of esters is 1. The first-order valence-electron chi connectivity index (χ1n) is 7.00. The fraction of sp³-hybridized carbons (Fsp3) is 0.533. The SMILES string of the molecule is CCOC(=O)[C@@H]1CCCCN1Cc1cc(Br)ccc1O. The van der Waals surface area contributed by atoms with Crippen LogP contribution in [0.4, 0.5) is 0 Å². The molecule has 1 atom stereocenters. The average Bonchev–Trinajstić information content (AvgIpc) is 2.44. The van der Waals surface area contributed by atoms with E-state index in [1.54, 1.807) is 12.1 Å². The normalized spacial score (nSPS) is 19.8. The predicted molar refractivity (Wildman–Crippen MR) is 80.5 cm³/mol. The van der Waals surface area contributed by atoms with Crippen LogP contribution in [0, 0.1) is 0 Å². The van der Waals surface area contributed by atoms with Crippen molar-refractivity contribution < 1.29 is 14.6 Å². The zero-order valence-electron chi connectivity index (χ0n) is 11.6. The quantitative estimate of drug-likeness (QED) is 0.855. The number of benzene rings is 1. The van der Waals surface area contributed by atoms with Gasteiger partial charge in [-0.25, -0.2) is 0 Å². The Labute approximate surface area is 127 Å². The zero-order valence-corrected chi connectivity index (χ0v) is 13.2. The third-order valence-electron chi connectivity index (χ3n) is 3.59. The number of hydrogen-bond donors (Lipinski definition) is 1. The van der Waals surface area contributed by atoms with Crippen molar-refractivity contribution in [2.45, 2.75) is 38.8 Å². The number of hydrogen-bond acceptors (Lipinski definition) is 4. The Morgan fingerprint density at radius 1 is 1.50 bits per heavy atom. The van der Waals surface area contributed by atoms with Crippen molar-refractivity contribution >= 4 is 21.9 Å². The molecule has 4 nitrogen and oxygen atoms in total. The van der Waals surface area contributed by atoms with E-state index in [1.807, 2.05) is 13.0 Å². The Hall–Kier alpha value is -1.07. The summed E-state index contributed by atoms with van der Waals surface area (Å²) in [5.41, 5.74) is 0.829. The average molecular weight is 342 g/mol. The van der Waals surface area contributed by atoms with Crippen molar-refractivity contribution in [3.05, 3.63) is 28.2 Å². The van der Waals surface area contributed by atoms with E-state index in [-0.39, 0.29) is 17.8 Å². The summed E-state index contributed by atoms with van der Waals surface area (Å²) in [7, 11) is 0. The standard InChI is InChI=1S/C15H20BrNO3/c1-2-20-15(19)13-5-3-4-8-17(13)10-11-9-12(16)6-7-14(11)18/h6-7,9,13,18H,2-5,8,10H2,1H3/t13-/m0/s1. The summed E-state index contributed by atoms with van der Waals surface area (Å²) in [5.74, 6) is 0.114. The first-order valence-corrected chi connectivity index (χ1v) is 7.79. The van der Waals surface area contributed by atoms with Gasteiger partial charge in [-0.2, -0.15) is 0 Å². The van der Waals surface area contributed by atoms with Gasteiger partial charge < -0.3 is 9.84 Å². The Bertz CT molecular complexity index is 478. The van der Waals surface area contributed by atoms with E-state index >= 15 is 0 Å². The molecule has 1 saturated heterocycles. The molecule has 1 aromatic rings. The summed E-state index contributed by atoms with van der Waals surface area (Å²) in [6.07, 6.45) is 2.95. The smallest absolute Gasteiger partial charge is 0.323 e. The molecule has 1 aliphatic heterocycles. The van der Waals surface area contributed by atoms with Gasteiger partial charge >= 0.3 is 5.97 Å². The lowest BCUT2D eigenvalue weighted by Gasteiger charge is -2.34. The highest BCUT2D eigenvalue weighted by Crippen LogP contribution is 2.27. The molecule has 1 fully saturated rings. The van der Waals surface area contributed by atoms with Crippen LogP contribution >= 0.6 is 15.9 Å². The van der Waals surface area contributed by atoms with E-state index in [1.165, 1.54) is 0 Å². The summed E-state index contributed by atoms with van der Waals surface area (Å²) < 4.78 is 6.08. The third-order valence-corrected chi connectivity index (χ3v) is 4.08. The molecular weight excluding hydrogens is 322 g/mol. The third kappa shape index (κ3) is 3.73. The highest BCUT2D eigenvalue weighted by molar-refractivity contribution is 9.10. The summed E-state index contributed by atoms with van der Waals surface area (Å²) in [5, 5.41) is 9.93. The Morgan fingerprint density at radius 2 is 2.30 bits per heavy atom. The maximum Gasteiger partial charge on any atom is 0.323 e. The minimum Gasteiger partial charge on any atom is -0.508 e. The van der Waals surface area contributed by atoms with Crippen molar-refractivity contribution in [1.29, 1.82) is 0 Å². The van der Waals surface area contributed by atoms with Gasteiger partial charge in [0.15, 0.2) is 0 Å². The lowest BCUT2D eigenvalue weighted by Crippen LogP contribution is -2.44. The minimum absolute atomic E-state index is 0.151. The number of likely N-dealkylation sites (tertiary alicyclic amines) is 1. The molecular formula is C15H20BrNO3. The lowest BCUT2D eigenvalue weighted by molar-refractivity contribution is -0.151. The zero-order chi connectivity index (χ0) is 14.5. The molecule has 1 aromatic carbocycles. The second-order valence-corrected chi connectivity index (χ2v) is 5.92. The minimum atomic E-state index is -0.193. The molecule has 0 saturated carbocycles. The van der Waals surface area contributed by atoms with Crippen LogP contribution < -0.4 is 0 Å². The highest BCUT2D eigenvalue weighted by atomic mass is 79.9. The van der Waals surface area contributed by atoms with Crippen molar-refractivity contribution in [3.63, 3.8) is 0 Å². The van der Waals surface area contributed by atoms with Gasteiger partial charge in [0.25, 0.3) is 0 Å². The van der Waals surface area contributed by atoms with Gasteiger partial charge in [-0.1, -0.05) is 22.4 Å². The van der Waals surface area contributed by atoms with Gasteiger partial charge in [-0.3, -0.25) is 9.69 Å². The second-order valence-electron chi connectivity index (χ2n) is 5.01. The Kier molecular flexibility index (Phi) is 5.43. The van der Waals surface area contributed by atoms with Gasteiger partial charge in [0.05, 0.1) is 6.61 Å². The maximum absolute atomic E-state index is 12.0. The maximum atomic E-state index is 12.0. The number of piperidine rings is 1. The Morgan fingerprint density at radius 3 is 3.05 bits per heavy atom. The van der Waals surface area contributed by atoms with E-state index in [4.69, 9.17) is 4.74 Å². The summed E-state index contributed by atoms with van der Waals surface area (Å²) in [6, 6.07) is 5.18. The molecule has 1 heterocycles. The summed E-state index contributed by atoms with van der Waals surface area (Å²) >= 11 is 3.41. The van der Waals surface area contributed by atoms with Crippen molar-refractivity contribution in [2.24, 2.45) is 0 Å². The second kappa shape index (κ2) is 7.09. The molecule has 0 amide bonds. The van der Waals surface area contributed by atoms with Crippen LogP contribution in [0.3, 0.4) is 0 Å². The van der Waals surface area contributed by atoms with Crippen molar-refractivity contribution in [2.75, 3.05) is 13.2 Å². The number of halogens is 1. The largest absolute Gasteiger partial charge is 0.508 e. The fourth-order valence-electron chi connectivity index (χ4n) is 2.59. The predicted octanol–water partition coefficient (Wildman–Crippen LogP) is 3.07. The number of phenols is 1. The molecule has 0 bridgehead atoms. The van der Waals surface area contributed by atoms with E-state index in [9.17, 15) is 9.90 Å². The number of carbonyl (C=O) groups is 1. The van der Waals surface area contributed by atoms with Crippen LogP contribution in [0.5, 0.6) is 5.75 Å². The van der Waals surface area contributed by atoms with E-state index in [0.717, 1.165) is 35.8 Å². The molecule has 2 rings (SSSR count). The van der Waals surface area contributed by atoms with Crippen LogP contribution in [0.25, 0.3) is 0 Å². The molecule has 0 spiro atoms. The molecule has 20 heavy (non-hydrogen) atoms. The number of nitrogens with zero attached hydrogens (tertiary/aromatic N) is 1. The molecule has 1 aliphatic rings. The van der Waals surface area contributed by atoms with E-state index in [2.05, 4.69) is 20.8 Å². The number of aromatic hydroxyl groups is 1. The fourth-order valence-corrected chi connectivity index (χ4v) is 2.99. The molecule has 110 valence electrons. The number of rotatable bonds is 4. The monoisotopic (exact) mass is 341 g/mol. The van der Waals surface area contributed by atoms with Crippen LogP contribution in [-0.2, 0) is 16.1 Å². The van der Waals surface area contributed by atoms with Crippen molar-refractivity contribution in [1.82, 2.24) is 4.90 Å². The van der Waals surface area contributed by atoms with Gasteiger partial charge in [0.1, 0.15) is 11.8 Å². The van der Waals surface area contributed by atoms with Crippen LogP contribution in [0.2, 0.25) is 0 Å². The van der Waals surface area contributed by atoms with Gasteiger partial charge in [-0.05, 0) is 44.5 Å². The van der Waals surface area contributed by atoms with Crippen LogP contribution in [0.1, 0.15) is 31.7 Å². The molecule has 5 heteroatoms. The molecule has 0 aliphatic carbocycles. The topological polar surface area (TPSA) is 49.8 Å². The summed E-state index contributed by atoms with van der Waals surface area (Å²) in [4.78, 5) is 14.1. The molecule has 1 N–H and O–H groups in total. The first-order chi connectivity index (χ1) is 9.61. The van der Waals surface area contributed by atoms with E-state index < -0.39 is 0 Å². The molecule has 0 unspecified atom stereocenters. The van der Waals surface area contributed by atoms with Gasteiger partial charge in [0, 0.05) is 16.6 Å². The lowest BCUT2D eigenvalue weighted by atomic mass is 10.0. The molecule has 0 aromatic heterocycles. The number of ether oxygens (including phenoxy) is 1. The highest BCUT2D eigenvalue weighted by Gasteiger charge is 2.30. The van der Waals surface area contributed by atoms with Crippen molar-refractivity contribution in [3.8, 4) is 5.75 Å². The van der Waals surface area contributed by atoms with Gasteiger partial charge in [0.2, 0.25) is 0 Å². The number of phenolic OH excluding ortho intramolecular Hbond substituents is 1. The summed E-state index contributed by atoms with van der Waals surface area (Å²) in [6.45, 7) is 3.65. The molecule has 0 radical (unpaired) electrons. The van der Waals surface area contributed by atoms with Crippen LogP contribution in [0.15, 0.2) is 22.7 Å². The van der Waals surface area contributed by atoms with Crippen LogP contribution in [-0.4, -0.2) is 35.2 Å². The first kappa shape index (κ1) is 15.3. The van der Waals surface area contributed by atoms with E-state index in [0.29, 0.717) is 13.2 Å². The number of carbonyl (C=O) groups excluding carboxylic acids is 1.